The molecule has 4 aromatic carbocycles. The SMILES string of the molecule is CSc1ncc2c(n1)N(c1cccc(CC(O[Si](c3ccccc3)c3ccccc3)C(C)(C)C)c1)C(=O)N(c1c(Cl)cccc1Cl)C2. The van der Waals surface area contributed by atoms with Crippen LogP contribution in [0.5, 0.6) is 0 Å². The maximum atomic E-state index is 14.4. The molecule has 0 spiro atoms. The first-order valence-corrected chi connectivity index (χ1v) is 18.7. The van der Waals surface area contributed by atoms with Gasteiger partial charge in [0.15, 0.2) is 11.0 Å². The molecule has 239 valence electrons. The second kappa shape index (κ2) is 14.2. The molecule has 1 aliphatic rings. The van der Waals surface area contributed by atoms with Gasteiger partial charge in [-0.3, -0.25) is 4.90 Å². The Bertz CT molecular complexity index is 1810. The average Bonchev–Trinajstić information content (AvgIpc) is 3.07. The Morgan fingerprint density at radius 3 is 2.11 bits per heavy atom. The van der Waals surface area contributed by atoms with Gasteiger partial charge in [-0.15, -0.1) is 0 Å². The van der Waals surface area contributed by atoms with Crippen LogP contribution in [0.25, 0.3) is 0 Å². The van der Waals surface area contributed by atoms with Crippen LogP contribution in [-0.2, 0) is 17.4 Å². The number of aromatic nitrogens is 2. The Morgan fingerprint density at radius 2 is 1.51 bits per heavy atom. The average molecular weight is 699 g/mol. The van der Waals surface area contributed by atoms with Gasteiger partial charge in [0.2, 0.25) is 0 Å². The number of hydrogen-bond acceptors (Lipinski definition) is 5. The first kappa shape index (κ1) is 33.2. The van der Waals surface area contributed by atoms with Crippen molar-refractivity contribution in [3.05, 3.63) is 130 Å². The summed E-state index contributed by atoms with van der Waals surface area (Å²) in [5.74, 6) is 0.549. The lowest BCUT2D eigenvalue weighted by atomic mass is 9.85. The van der Waals surface area contributed by atoms with Gasteiger partial charge in [-0.1, -0.05) is 135 Å². The lowest BCUT2D eigenvalue weighted by Gasteiger charge is -2.37. The molecule has 0 bridgehead atoms. The van der Waals surface area contributed by atoms with Crippen LogP contribution in [-0.4, -0.2) is 37.4 Å². The molecule has 10 heteroatoms. The normalized spacial score (nSPS) is 14.0. The smallest absolute Gasteiger partial charge is 0.335 e. The zero-order valence-electron chi connectivity index (χ0n) is 26.7. The van der Waals surface area contributed by atoms with Crippen molar-refractivity contribution in [2.24, 2.45) is 5.41 Å². The van der Waals surface area contributed by atoms with E-state index in [4.69, 9.17) is 32.6 Å². The summed E-state index contributed by atoms with van der Waals surface area (Å²) in [6.45, 7) is 6.89. The minimum absolute atomic E-state index is 0.111. The highest BCUT2D eigenvalue weighted by molar-refractivity contribution is 7.98. The summed E-state index contributed by atoms with van der Waals surface area (Å²) in [6, 6.07) is 34.0. The highest BCUT2D eigenvalue weighted by Crippen LogP contribution is 2.41. The number of urea groups is 1. The molecule has 1 atom stereocenters. The quantitative estimate of drug-likeness (QED) is 0.0878. The zero-order valence-corrected chi connectivity index (χ0v) is 30.0. The third-order valence-electron chi connectivity index (χ3n) is 8.06. The Balaban J connectivity index is 1.38. The number of nitrogens with zero attached hydrogens (tertiary/aromatic N) is 4. The van der Waals surface area contributed by atoms with E-state index in [1.54, 1.807) is 34.2 Å². The molecule has 1 aliphatic heterocycles. The predicted molar refractivity (Wildman–Crippen MR) is 196 cm³/mol. The van der Waals surface area contributed by atoms with Crippen LogP contribution in [0.3, 0.4) is 0 Å². The van der Waals surface area contributed by atoms with Gasteiger partial charge in [0.1, 0.15) is 0 Å². The molecule has 0 fully saturated rings. The molecule has 0 saturated heterocycles. The summed E-state index contributed by atoms with van der Waals surface area (Å²) >= 11 is 14.6. The van der Waals surface area contributed by atoms with E-state index in [-0.39, 0.29) is 24.1 Å². The summed E-state index contributed by atoms with van der Waals surface area (Å²) in [5, 5.41) is 3.77. The number of anilines is 3. The van der Waals surface area contributed by atoms with Gasteiger partial charge in [-0.25, -0.2) is 19.7 Å². The first-order valence-electron chi connectivity index (χ1n) is 15.3. The number of carbonyl (C=O) groups excluding carboxylic acids is 1. The number of thioether (sulfide) groups is 1. The highest BCUT2D eigenvalue weighted by Gasteiger charge is 2.37. The number of hydrogen-bond donors (Lipinski definition) is 0. The molecule has 47 heavy (non-hydrogen) atoms. The first-order chi connectivity index (χ1) is 22.6. The van der Waals surface area contributed by atoms with Crippen molar-refractivity contribution < 1.29 is 9.22 Å². The van der Waals surface area contributed by atoms with Crippen molar-refractivity contribution in [1.82, 2.24) is 9.97 Å². The van der Waals surface area contributed by atoms with Gasteiger partial charge in [-0.05, 0) is 58.3 Å². The lowest BCUT2D eigenvalue weighted by molar-refractivity contribution is 0.0897. The monoisotopic (exact) mass is 697 g/mol. The molecule has 2 heterocycles. The topological polar surface area (TPSA) is 58.6 Å². The van der Waals surface area contributed by atoms with E-state index in [1.165, 1.54) is 22.1 Å². The molecule has 5 aromatic rings. The predicted octanol–water partition coefficient (Wildman–Crippen LogP) is 8.56. The van der Waals surface area contributed by atoms with Crippen molar-refractivity contribution in [3.63, 3.8) is 0 Å². The van der Waals surface area contributed by atoms with Gasteiger partial charge >= 0.3 is 6.03 Å². The Morgan fingerprint density at radius 1 is 0.894 bits per heavy atom. The van der Waals surface area contributed by atoms with Crippen LogP contribution in [0.1, 0.15) is 31.9 Å². The maximum absolute atomic E-state index is 14.4. The van der Waals surface area contributed by atoms with Gasteiger partial charge < -0.3 is 4.43 Å². The Kier molecular flexibility index (Phi) is 10.1. The van der Waals surface area contributed by atoms with Crippen LogP contribution >= 0.6 is 35.0 Å². The van der Waals surface area contributed by atoms with E-state index in [1.807, 2.05) is 30.5 Å². The van der Waals surface area contributed by atoms with E-state index in [0.29, 0.717) is 38.8 Å². The number of rotatable bonds is 9. The van der Waals surface area contributed by atoms with E-state index in [0.717, 1.165) is 11.1 Å². The molecule has 6 rings (SSSR count). The molecule has 0 aliphatic carbocycles. The number of amides is 2. The van der Waals surface area contributed by atoms with E-state index < -0.39 is 9.04 Å². The number of fused-ring (bicyclic) bond motifs is 1. The Hall–Kier alpha value is -3.66. The molecule has 0 N–H and O–H groups in total. The fourth-order valence-electron chi connectivity index (χ4n) is 5.57. The van der Waals surface area contributed by atoms with Gasteiger partial charge in [-0.2, -0.15) is 0 Å². The number of carbonyl (C=O) groups is 1. The van der Waals surface area contributed by atoms with Gasteiger partial charge in [0.05, 0.1) is 34.1 Å². The molecule has 1 radical (unpaired) electrons. The zero-order chi connectivity index (χ0) is 33.1. The molecular formula is C37H35Cl2N4O2SSi. The number of halogens is 2. The van der Waals surface area contributed by atoms with E-state index >= 15 is 0 Å². The largest absolute Gasteiger partial charge is 0.403 e. The molecule has 2 amide bonds. The van der Waals surface area contributed by atoms with Crippen molar-refractivity contribution in [3.8, 4) is 0 Å². The van der Waals surface area contributed by atoms with Crippen molar-refractivity contribution in [2.75, 3.05) is 16.1 Å². The summed E-state index contributed by atoms with van der Waals surface area (Å²) in [4.78, 5) is 26.9. The van der Waals surface area contributed by atoms with Gasteiger partial charge in [0.25, 0.3) is 9.04 Å². The standard InChI is InChI=1S/C37H35Cl2N4O2SSi/c1-37(2,3)32(45-47(28-15-7-5-8-16-28)29-17-9-6-10-18-29)22-25-13-11-14-27(21-25)43-34-26(23-40-35(41-34)46-4)24-42(36(43)44)33-30(38)19-12-20-31(33)39/h5-21,23,32H,22,24H2,1-4H3. The maximum Gasteiger partial charge on any atom is 0.335 e. The van der Waals surface area contributed by atoms with Crippen molar-refractivity contribution >= 4 is 77.6 Å². The summed E-state index contributed by atoms with van der Waals surface area (Å²) < 4.78 is 7.15. The molecule has 6 nitrogen and oxygen atoms in total. The van der Waals surface area contributed by atoms with Gasteiger partial charge in [0, 0.05) is 11.8 Å². The fourth-order valence-corrected chi connectivity index (χ4v) is 8.83. The van der Waals surface area contributed by atoms with Crippen LogP contribution < -0.4 is 20.2 Å². The molecule has 1 aromatic heterocycles. The van der Waals surface area contributed by atoms with Crippen LogP contribution in [0.4, 0.5) is 22.0 Å². The van der Waals surface area contributed by atoms with E-state index in [2.05, 4.69) is 86.4 Å². The third-order valence-corrected chi connectivity index (χ3v) is 11.5. The van der Waals surface area contributed by atoms with Crippen LogP contribution in [0.2, 0.25) is 10.0 Å². The number of benzene rings is 4. The minimum Gasteiger partial charge on any atom is -0.403 e. The Labute approximate surface area is 292 Å². The fraction of sp³-hybridized carbons (Fsp3) is 0.216. The lowest BCUT2D eigenvalue weighted by Crippen LogP contribution is -2.50. The van der Waals surface area contributed by atoms with Crippen molar-refractivity contribution in [1.29, 1.82) is 0 Å². The number of para-hydroxylation sites is 1. The molecule has 0 saturated carbocycles. The van der Waals surface area contributed by atoms with Crippen molar-refractivity contribution in [2.45, 2.75) is 45.0 Å². The molecule has 1 unspecified atom stereocenters. The highest BCUT2D eigenvalue weighted by atomic mass is 35.5. The summed E-state index contributed by atoms with van der Waals surface area (Å²) in [7, 11) is -1.55. The second-order valence-electron chi connectivity index (χ2n) is 12.4. The van der Waals surface area contributed by atoms with E-state index in [9.17, 15) is 4.79 Å². The molecular weight excluding hydrogens is 663 g/mol. The summed E-state index contributed by atoms with van der Waals surface area (Å²) in [6.07, 6.45) is 4.23. The summed E-state index contributed by atoms with van der Waals surface area (Å²) in [5.41, 5.74) is 2.82. The van der Waals surface area contributed by atoms with Crippen LogP contribution in [0, 0.1) is 5.41 Å². The third kappa shape index (κ3) is 7.27. The second-order valence-corrected chi connectivity index (χ2v) is 16.0. The van der Waals surface area contributed by atoms with Crippen LogP contribution in [0.15, 0.2) is 114 Å². The minimum atomic E-state index is -1.55.